The minimum atomic E-state index is -0.390. The normalized spacial score (nSPS) is 10.6. The molecule has 2 heterocycles. The fourth-order valence-electron chi connectivity index (χ4n) is 2.11. The summed E-state index contributed by atoms with van der Waals surface area (Å²) in [5, 5.41) is 0. The first-order valence-corrected chi connectivity index (χ1v) is 6.51. The van der Waals surface area contributed by atoms with Gasteiger partial charge in [-0.05, 0) is 29.8 Å². The molecule has 2 aromatic heterocycles. The van der Waals surface area contributed by atoms with Gasteiger partial charge in [0.1, 0.15) is 0 Å². The number of hydrogen-bond donors (Lipinski definition) is 0. The van der Waals surface area contributed by atoms with Crippen LogP contribution in [-0.2, 0) is 6.54 Å². The third-order valence-corrected chi connectivity index (χ3v) is 3.20. The standard InChI is InChI=1S/C16H14FN3O/c1-21-16-5-3-13(8-14(16)17)15-4-2-12(9-19-15)10-20-7-6-18-11-20/h2-9,11H,10H2,1H3. The number of halogens is 1. The smallest absolute Gasteiger partial charge is 0.165 e. The van der Waals surface area contributed by atoms with Crippen LogP contribution in [0.3, 0.4) is 0 Å². The first-order valence-electron chi connectivity index (χ1n) is 6.51. The van der Waals surface area contributed by atoms with Crippen molar-refractivity contribution in [3.8, 4) is 17.0 Å². The lowest BCUT2D eigenvalue weighted by atomic mass is 10.1. The number of nitrogens with zero attached hydrogens (tertiary/aromatic N) is 3. The Kier molecular flexibility index (Phi) is 3.64. The van der Waals surface area contributed by atoms with E-state index in [0.29, 0.717) is 6.54 Å². The predicted molar refractivity (Wildman–Crippen MR) is 77.5 cm³/mol. The molecule has 5 heteroatoms. The summed E-state index contributed by atoms with van der Waals surface area (Å²) in [5.41, 5.74) is 2.51. The topological polar surface area (TPSA) is 39.9 Å². The van der Waals surface area contributed by atoms with E-state index in [2.05, 4.69) is 9.97 Å². The van der Waals surface area contributed by atoms with Gasteiger partial charge in [0.05, 0.1) is 19.1 Å². The quantitative estimate of drug-likeness (QED) is 0.738. The van der Waals surface area contributed by atoms with Crippen LogP contribution in [0.2, 0.25) is 0 Å². The SMILES string of the molecule is COc1ccc(-c2ccc(Cn3ccnc3)cn2)cc1F. The van der Waals surface area contributed by atoms with Crippen molar-refractivity contribution in [2.75, 3.05) is 7.11 Å². The molecule has 0 aliphatic rings. The number of imidazole rings is 1. The number of benzene rings is 1. The molecular formula is C16H14FN3O. The summed E-state index contributed by atoms with van der Waals surface area (Å²) in [6, 6.07) is 8.68. The van der Waals surface area contributed by atoms with E-state index in [4.69, 9.17) is 4.74 Å². The highest BCUT2D eigenvalue weighted by Crippen LogP contribution is 2.24. The van der Waals surface area contributed by atoms with Crippen molar-refractivity contribution in [1.29, 1.82) is 0 Å². The second kappa shape index (κ2) is 5.75. The molecule has 0 saturated carbocycles. The number of ether oxygens (including phenoxy) is 1. The Morgan fingerprint density at radius 1 is 1.24 bits per heavy atom. The van der Waals surface area contributed by atoms with Crippen molar-refractivity contribution in [3.05, 3.63) is 66.6 Å². The molecule has 0 N–H and O–H groups in total. The van der Waals surface area contributed by atoms with Crippen molar-refractivity contribution < 1.29 is 9.13 Å². The Hall–Kier alpha value is -2.69. The number of hydrogen-bond acceptors (Lipinski definition) is 3. The summed E-state index contributed by atoms with van der Waals surface area (Å²) in [5.74, 6) is -0.158. The third-order valence-electron chi connectivity index (χ3n) is 3.20. The van der Waals surface area contributed by atoms with Gasteiger partial charge in [0.25, 0.3) is 0 Å². The van der Waals surface area contributed by atoms with Gasteiger partial charge in [-0.3, -0.25) is 4.98 Å². The van der Waals surface area contributed by atoms with Crippen molar-refractivity contribution in [2.24, 2.45) is 0 Å². The van der Waals surface area contributed by atoms with Crippen LogP contribution < -0.4 is 4.74 Å². The van der Waals surface area contributed by atoms with E-state index in [1.54, 1.807) is 30.9 Å². The molecule has 0 spiro atoms. The number of pyridine rings is 1. The Balaban J connectivity index is 1.82. The predicted octanol–water partition coefficient (Wildman–Crippen LogP) is 3.14. The largest absolute Gasteiger partial charge is 0.494 e. The van der Waals surface area contributed by atoms with Crippen LogP contribution in [-0.4, -0.2) is 21.6 Å². The van der Waals surface area contributed by atoms with Crippen molar-refractivity contribution in [3.63, 3.8) is 0 Å². The van der Waals surface area contributed by atoms with Crippen LogP contribution in [0.1, 0.15) is 5.56 Å². The molecule has 0 radical (unpaired) electrons. The van der Waals surface area contributed by atoms with E-state index in [-0.39, 0.29) is 11.6 Å². The molecule has 106 valence electrons. The number of aromatic nitrogens is 3. The zero-order chi connectivity index (χ0) is 14.7. The first kappa shape index (κ1) is 13.3. The van der Waals surface area contributed by atoms with E-state index < -0.39 is 0 Å². The molecule has 3 aromatic rings. The highest BCUT2D eigenvalue weighted by molar-refractivity contribution is 5.60. The van der Waals surface area contributed by atoms with Crippen molar-refractivity contribution >= 4 is 0 Å². The summed E-state index contributed by atoms with van der Waals surface area (Å²) in [4.78, 5) is 8.38. The van der Waals surface area contributed by atoms with Crippen LogP contribution in [0.25, 0.3) is 11.3 Å². The monoisotopic (exact) mass is 283 g/mol. The van der Waals surface area contributed by atoms with E-state index in [0.717, 1.165) is 16.8 Å². The van der Waals surface area contributed by atoms with Gasteiger partial charge in [-0.15, -0.1) is 0 Å². The maximum absolute atomic E-state index is 13.7. The summed E-state index contributed by atoms with van der Waals surface area (Å²) in [6.45, 7) is 0.713. The molecule has 0 bridgehead atoms. The van der Waals surface area contributed by atoms with E-state index >= 15 is 0 Å². The minimum absolute atomic E-state index is 0.232. The Bertz CT molecular complexity index is 724. The molecule has 0 aliphatic carbocycles. The van der Waals surface area contributed by atoms with Gasteiger partial charge in [-0.2, -0.15) is 0 Å². The number of rotatable bonds is 4. The summed E-state index contributed by atoms with van der Waals surface area (Å²) in [7, 11) is 1.45. The maximum Gasteiger partial charge on any atom is 0.165 e. The van der Waals surface area contributed by atoms with Crippen molar-refractivity contribution in [2.45, 2.75) is 6.54 Å². The molecule has 3 rings (SSSR count). The van der Waals surface area contributed by atoms with Crippen LogP contribution in [0.4, 0.5) is 4.39 Å². The molecule has 0 fully saturated rings. The van der Waals surface area contributed by atoms with Crippen LogP contribution in [0, 0.1) is 5.82 Å². The number of methoxy groups -OCH3 is 1. The molecule has 21 heavy (non-hydrogen) atoms. The summed E-state index contributed by atoms with van der Waals surface area (Å²) >= 11 is 0. The highest BCUT2D eigenvalue weighted by atomic mass is 19.1. The second-order valence-electron chi connectivity index (χ2n) is 4.64. The minimum Gasteiger partial charge on any atom is -0.494 e. The zero-order valence-corrected chi connectivity index (χ0v) is 11.5. The van der Waals surface area contributed by atoms with E-state index in [1.165, 1.54) is 13.2 Å². The third kappa shape index (κ3) is 2.91. The second-order valence-corrected chi connectivity index (χ2v) is 4.64. The van der Waals surface area contributed by atoms with E-state index in [9.17, 15) is 4.39 Å². The Labute approximate surface area is 121 Å². The molecule has 0 amide bonds. The lowest BCUT2D eigenvalue weighted by Crippen LogP contribution is -1.97. The molecular weight excluding hydrogens is 269 g/mol. The fraction of sp³-hybridized carbons (Fsp3) is 0.125. The molecule has 4 nitrogen and oxygen atoms in total. The van der Waals surface area contributed by atoms with Crippen LogP contribution in [0.15, 0.2) is 55.2 Å². The fourth-order valence-corrected chi connectivity index (χ4v) is 2.11. The first-order chi connectivity index (χ1) is 10.3. The van der Waals surface area contributed by atoms with Gasteiger partial charge in [0.15, 0.2) is 11.6 Å². The Morgan fingerprint density at radius 2 is 2.14 bits per heavy atom. The Morgan fingerprint density at radius 3 is 2.76 bits per heavy atom. The average Bonchev–Trinajstić information content (AvgIpc) is 3.01. The molecule has 1 aromatic carbocycles. The maximum atomic E-state index is 13.7. The molecule has 0 aliphatic heterocycles. The van der Waals surface area contributed by atoms with E-state index in [1.807, 2.05) is 22.9 Å². The van der Waals surface area contributed by atoms with Gasteiger partial charge >= 0.3 is 0 Å². The zero-order valence-electron chi connectivity index (χ0n) is 11.5. The van der Waals surface area contributed by atoms with Crippen molar-refractivity contribution in [1.82, 2.24) is 14.5 Å². The molecule has 0 saturated heterocycles. The summed E-state index contributed by atoms with van der Waals surface area (Å²) < 4.78 is 20.6. The molecule has 0 atom stereocenters. The van der Waals surface area contributed by atoms with Gasteiger partial charge in [0.2, 0.25) is 0 Å². The lowest BCUT2D eigenvalue weighted by molar-refractivity contribution is 0.386. The molecule has 0 unspecified atom stereocenters. The van der Waals surface area contributed by atoms with Crippen LogP contribution in [0.5, 0.6) is 5.75 Å². The highest BCUT2D eigenvalue weighted by Gasteiger charge is 2.06. The summed E-state index contributed by atoms with van der Waals surface area (Å²) in [6.07, 6.45) is 7.18. The average molecular weight is 283 g/mol. The van der Waals surface area contributed by atoms with Gasteiger partial charge in [-0.25, -0.2) is 9.37 Å². The van der Waals surface area contributed by atoms with Gasteiger partial charge in [-0.1, -0.05) is 6.07 Å². The van der Waals surface area contributed by atoms with Gasteiger partial charge < -0.3 is 9.30 Å². The van der Waals surface area contributed by atoms with Gasteiger partial charge in [0, 0.05) is 30.7 Å². The lowest BCUT2D eigenvalue weighted by Gasteiger charge is -2.06. The van der Waals surface area contributed by atoms with Crippen LogP contribution >= 0.6 is 0 Å².